The Kier molecular flexibility index (Phi) is 11.3. The zero-order valence-corrected chi connectivity index (χ0v) is 25.1. The summed E-state index contributed by atoms with van der Waals surface area (Å²) < 4.78 is 31.7. The fraction of sp³-hybridized carbons (Fsp3) is 0.481. The van der Waals surface area contributed by atoms with Crippen molar-refractivity contribution in [3.8, 4) is 5.75 Å². The molecule has 8 nitrogen and oxygen atoms in total. The van der Waals surface area contributed by atoms with Crippen LogP contribution in [0, 0.1) is 0 Å². The standard InChI is InChI=1S/C27H37Cl2N3O5S/c1-7-22(26(34)30-27(2,3)4)31(18-19-14-15-20(28)17-21(19)29)25(33)13-10-16-32(38(6,35)36)23-11-8-9-12-24(23)37-5/h8-9,11-12,14-15,17,22H,7,10,13,16,18H2,1-6H3,(H,30,34)/t22-/m0/s1. The highest BCUT2D eigenvalue weighted by atomic mass is 35.5. The summed E-state index contributed by atoms with van der Waals surface area (Å²) in [6, 6.07) is 11.1. The number of nitrogens with one attached hydrogen (secondary N) is 1. The van der Waals surface area contributed by atoms with Gasteiger partial charge in [-0.05, 0) is 63.4 Å². The average molecular weight is 587 g/mol. The van der Waals surface area contributed by atoms with E-state index in [0.29, 0.717) is 33.5 Å². The largest absolute Gasteiger partial charge is 0.495 e. The molecule has 0 aromatic heterocycles. The minimum atomic E-state index is -3.65. The van der Waals surface area contributed by atoms with Crippen LogP contribution < -0.4 is 14.4 Å². The van der Waals surface area contributed by atoms with Gasteiger partial charge in [0.05, 0.1) is 19.1 Å². The number of halogens is 2. The smallest absolute Gasteiger partial charge is 0.243 e. The lowest BCUT2D eigenvalue weighted by molar-refractivity contribution is -0.142. The molecule has 1 atom stereocenters. The Labute approximate surface area is 236 Å². The number of nitrogens with zero attached hydrogens (tertiary/aromatic N) is 2. The van der Waals surface area contributed by atoms with Crippen molar-refractivity contribution >= 4 is 50.7 Å². The predicted octanol–water partition coefficient (Wildman–Crippen LogP) is 5.27. The zero-order valence-electron chi connectivity index (χ0n) is 22.8. The molecule has 0 aliphatic rings. The normalized spacial score (nSPS) is 12.5. The van der Waals surface area contributed by atoms with E-state index in [9.17, 15) is 18.0 Å². The summed E-state index contributed by atoms with van der Waals surface area (Å²) in [5.41, 5.74) is 0.561. The number of sulfonamides is 1. The van der Waals surface area contributed by atoms with E-state index in [2.05, 4.69) is 5.32 Å². The highest BCUT2D eigenvalue weighted by molar-refractivity contribution is 7.92. The molecule has 0 fully saturated rings. The molecule has 210 valence electrons. The van der Waals surface area contributed by atoms with E-state index >= 15 is 0 Å². The lowest BCUT2D eigenvalue weighted by atomic mass is 10.0. The molecular formula is C27H37Cl2N3O5S. The van der Waals surface area contributed by atoms with Crippen LogP contribution in [0.2, 0.25) is 10.0 Å². The van der Waals surface area contributed by atoms with Gasteiger partial charge in [-0.2, -0.15) is 0 Å². The second-order valence-corrected chi connectivity index (χ2v) is 12.8. The number of para-hydroxylation sites is 2. The first-order chi connectivity index (χ1) is 17.7. The van der Waals surface area contributed by atoms with Crippen LogP contribution in [0.3, 0.4) is 0 Å². The molecule has 0 aliphatic heterocycles. The number of hydrogen-bond donors (Lipinski definition) is 1. The van der Waals surface area contributed by atoms with Gasteiger partial charge in [-0.3, -0.25) is 13.9 Å². The number of methoxy groups -OCH3 is 1. The van der Waals surface area contributed by atoms with Crippen LogP contribution >= 0.6 is 23.2 Å². The predicted molar refractivity (Wildman–Crippen MR) is 153 cm³/mol. The molecule has 38 heavy (non-hydrogen) atoms. The monoisotopic (exact) mass is 585 g/mol. The van der Waals surface area contributed by atoms with Crippen molar-refractivity contribution in [2.24, 2.45) is 0 Å². The van der Waals surface area contributed by atoms with E-state index in [4.69, 9.17) is 27.9 Å². The van der Waals surface area contributed by atoms with Crippen molar-refractivity contribution in [3.63, 3.8) is 0 Å². The van der Waals surface area contributed by atoms with Gasteiger partial charge in [-0.15, -0.1) is 0 Å². The van der Waals surface area contributed by atoms with Crippen LogP contribution in [0.15, 0.2) is 42.5 Å². The highest BCUT2D eigenvalue weighted by Crippen LogP contribution is 2.30. The highest BCUT2D eigenvalue weighted by Gasteiger charge is 2.31. The summed E-state index contributed by atoms with van der Waals surface area (Å²) >= 11 is 12.4. The lowest BCUT2D eigenvalue weighted by Crippen LogP contribution is -2.53. The van der Waals surface area contributed by atoms with Crippen molar-refractivity contribution in [2.75, 3.05) is 24.2 Å². The summed E-state index contributed by atoms with van der Waals surface area (Å²) in [5.74, 6) is -0.154. The number of anilines is 1. The van der Waals surface area contributed by atoms with Gasteiger partial charge in [-0.25, -0.2) is 8.42 Å². The molecule has 1 N–H and O–H groups in total. The van der Waals surface area contributed by atoms with Crippen LogP contribution in [0.4, 0.5) is 5.69 Å². The second kappa shape index (κ2) is 13.5. The maximum atomic E-state index is 13.6. The molecule has 0 heterocycles. The topological polar surface area (TPSA) is 96.0 Å². The third-order valence-electron chi connectivity index (χ3n) is 5.75. The number of amides is 2. The summed E-state index contributed by atoms with van der Waals surface area (Å²) in [5, 5.41) is 3.81. The van der Waals surface area contributed by atoms with E-state index in [1.807, 2.05) is 27.7 Å². The summed E-state index contributed by atoms with van der Waals surface area (Å²) in [6.07, 6.45) is 1.74. The maximum absolute atomic E-state index is 13.6. The van der Waals surface area contributed by atoms with E-state index in [0.717, 1.165) is 6.26 Å². The van der Waals surface area contributed by atoms with Crippen LogP contribution in [0.25, 0.3) is 0 Å². The molecule has 2 amide bonds. The van der Waals surface area contributed by atoms with Crippen molar-refractivity contribution in [2.45, 2.75) is 65.1 Å². The molecule has 0 aliphatic carbocycles. The summed E-state index contributed by atoms with van der Waals surface area (Å²) in [7, 11) is -2.18. The fourth-order valence-corrected chi connectivity index (χ4v) is 5.46. The van der Waals surface area contributed by atoms with Crippen LogP contribution in [-0.2, 0) is 26.2 Å². The third kappa shape index (κ3) is 9.06. The van der Waals surface area contributed by atoms with Crippen LogP contribution in [-0.4, -0.2) is 56.6 Å². The number of rotatable bonds is 12. The first kappa shape index (κ1) is 31.7. The Balaban J connectivity index is 2.31. The number of carbonyl (C=O) groups is 2. The molecule has 2 rings (SSSR count). The van der Waals surface area contributed by atoms with E-state index in [1.54, 1.807) is 42.5 Å². The zero-order chi connectivity index (χ0) is 28.7. The van der Waals surface area contributed by atoms with Gasteiger partial charge in [-0.1, -0.05) is 48.3 Å². The number of hydrogen-bond acceptors (Lipinski definition) is 5. The van der Waals surface area contributed by atoms with Gasteiger partial charge < -0.3 is 15.0 Å². The lowest BCUT2D eigenvalue weighted by Gasteiger charge is -2.33. The van der Waals surface area contributed by atoms with Gasteiger partial charge in [0.1, 0.15) is 11.8 Å². The molecule has 2 aromatic carbocycles. The fourth-order valence-electron chi connectivity index (χ4n) is 4.02. The Bertz CT molecular complexity index is 1230. The Hall–Kier alpha value is -2.49. The van der Waals surface area contributed by atoms with Gasteiger partial charge >= 0.3 is 0 Å². The van der Waals surface area contributed by atoms with E-state index in [-0.39, 0.29) is 37.7 Å². The Morgan fingerprint density at radius 2 is 1.76 bits per heavy atom. The van der Waals surface area contributed by atoms with Crippen molar-refractivity contribution < 1.29 is 22.7 Å². The van der Waals surface area contributed by atoms with Crippen LogP contribution in [0.1, 0.15) is 52.5 Å². The molecule has 2 aromatic rings. The van der Waals surface area contributed by atoms with Crippen molar-refractivity contribution in [1.29, 1.82) is 0 Å². The van der Waals surface area contributed by atoms with Gasteiger partial charge in [0.15, 0.2) is 0 Å². The molecule has 0 spiro atoms. The van der Waals surface area contributed by atoms with Crippen molar-refractivity contribution in [3.05, 3.63) is 58.1 Å². The van der Waals surface area contributed by atoms with Gasteiger partial charge in [0, 0.05) is 35.1 Å². The minimum absolute atomic E-state index is 0.0195. The van der Waals surface area contributed by atoms with E-state index < -0.39 is 21.6 Å². The Morgan fingerprint density at radius 3 is 2.32 bits per heavy atom. The SMILES string of the molecule is CC[C@@H](C(=O)NC(C)(C)C)N(Cc1ccc(Cl)cc1Cl)C(=O)CCCN(c1ccccc1OC)S(C)(=O)=O. The molecule has 11 heteroatoms. The third-order valence-corrected chi connectivity index (χ3v) is 7.51. The molecule has 0 saturated heterocycles. The first-order valence-electron chi connectivity index (χ1n) is 12.3. The molecule has 0 unspecified atom stereocenters. The molecule has 0 saturated carbocycles. The number of carbonyl (C=O) groups excluding carboxylic acids is 2. The van der Waals surface area contributed by atoms with Crippen molar-refractivity contribution in [1.82, 2.24) is 10.2 Å². The number of benzene rings is 2. The summed E-state index contributed by atoms with van der Waals surface area (Å²) in [6.45, 7) is 7.62. The van der Waals surface area contributed by atoms with Gasteiger partial charge in [0.2, 0.25) is 21.8 Å². The number of ether oxygens (including phenoxy) is 1. The molecule has 0 bridgehead atoms. The molecular weight excluding hydrogens is 549 g/mol. The van der Waals surface area contributed by atoms with Gasteiger partial charge in [0.25, 0.3) is 0 Å². The van der Waals surface area contributed by atoms with E-state index in [1.165, 1.54) is 16.3 Å². The minimum Gasteiger partial charge on any atom is -0.495 e. The molecule has 0 radical (unpaired) electrons. The maximum Gasteiger partial charge on any atom is 0.243 e. The second-order valence-electron chi connectivity index (χ2n) is 10.0. The first-order valence-corrected chi connectivity index (χ1v) is 14.9. The van der Waals surface area contributed by atoms with Crippen LogP contribution in [0.5, 0.6) is 5.75 Å². The average Bonchev–Trinajstić information content (AvgIpc) is 2.81. The quantitative estimate of drug-likeness (QED) is 0.366. The Morgan fingerprint density at radius 1 is 1.11 bits per heavy atom. The summed E-state index contributed by atoms with van der Waals surface area (Å²) in [4.78, 5) is 28.2.